The van der Waals surface area contributed by atoms with Gasteiger partial charge in [0.05, 0.1) is 41.5 Å². The van der Waals surface area contributed by atoms with Crippen LogP contribution in [0.2, 0.25) is 5.02 Å². The van der Waals surface area contributed by atoms with Crippen molar-refractivity contribution in [1.29, 1.82) is 0 Å². The molecule has 3 fully saturated rings. The molecule has 1 aromatic carbocycles. The Morgan fingerprint density at radius 3 is 2.62 bits per heavy atom. The van der Waals surface area contributed by atoms with Crippen LogP contribution in [0.1, 0.15) is 46.5 Å². The lowest BCUT2D eigenvalue weighted by molar-refractivity contribution is -0.160. The van der Waals surface area contributed by atoms with Gasteiger partial charge in [-0.1, -0.05) is 49.7 Å². The number of ether oxygens (including phenoxy) is 2. The lowest BCUT2D eigenvalue weighted by Crippen LogP contribution is -2.59. The van der Waals surface area contributed by atoms with Crippen molar-refractivity contribution in [3.8, 4) is 0 Å². The summed E-state index contributed by atoms with van der Waals surface area (Å²) in [5, 5.41) is 10.8. The Labute approximate surface area is 235 Å². The predicted octanol–water partition coefficient (Wildman–Crippen LogP) is 4.15. The number of anilines is 1. The molecule has 212 valence electrons. The van der Waals surface area contributed by atoms with Gasteiger partial charge in [0.25, 0.3) is 5.91 Å². The highest BCUT2D eigenvalue weighted by atomic mass is 35.5. The minimum atomic E-state index is -1.24. The number of likely N-dealkylation sites (tertiary alicyclic amines) is 1. The Kier molecular flexibility index (Phi) is 8.59. The first-order chi connectivity index (χ1) is 18.6. The van der Waals surface area contributed by atoms with Gasteiger partial charge < -0.3 is 24.4 Å². The standard InChI is InChI=1S/C30H39ClN2O6/c1-6-8-16-38-28(37)24-23-26(35)33(20(18-34)17-19(3)4)25(30(23)14-13-29(24,5)39-30)27(36)32(15-7-2)22-12-10-9-11-21(22)31/h6-7,9-12,19-20,23-25,34H,1-2,8,13-18H2,3-5H3/t20-,23+,24+,25?,29-,30?/m1/s1. The number of esters is 1. The van der Waals surface area contributed by atoms with Crippen molar-refractivity contribution in [2.24, 2.45) is 17.8 Å². The van der Waals surface area contributed by atoms with Gasteiger partial charge in [0.1, 0.15) is 17.6 Å². The normalized spacial score (nSPS) is 29.8. The molecule has 1 aromatic rings. The number of benzene rings is 1. The number of para-hydroxylation sites is 1. The predicted molar refractivity (Wildman–Crippen MR) is 149 cm³/mol. The van der Waals surface area contributed by atoms with Crippen LogP contribution in [0.3, 0.4) is 0 Å². The lowest BCUT2D eigenvalue weighted by Gasteiger charge is -2.40. The molecule has 3 aliphatic heterocycles. The van der Waals surface area contributed by atoms with Crippen molar-refractivity contribution in [1.82, 2.24) is 4.90 Å². The van der Waals surface area contributed by atoms with Gasteiger partial charge in [-0.3, -0.25) is 14.4 Å². The Morgan fingerprint density at radius 1 is 1.28 bits per heavy atom. The topological polar surface area (TPSA) is 96.4 Å². The first kappa shape index (κ1) is 29.3. The number of carbonyl (C=O) groups excluding carboxylic acids is 3. The van der Waals surface area contributed by atoms with E-state index in [1.54, 1.807) is 36.4 Å². The fourth-order valence-electron chi connectivity index (χ4n) is 6.80. The minimum absolute atomic E-state index is 0.144. The Balaban J connectivity index is 1.83. The molecule has 6 atom stereocenters. The van der Waals surface area contributed by atoms with Crippen molar-refractivity contribution in [2.45, 2.75) is 69.7 Å². The summed E-state index contributed by atoms with van der Waals surface area (Å²) < 4.78 is 12.2. The Morgan fingerprint density at radius 2 is 2.00 bits per heavy atom. The zero-order valence-corrected chi connectivity index (χ0v) is 23.7. The molecule has 3 heterocycles. The molecule has 3 saturated heterocycles. The van der Waals surface area contributed by atoms with E-state index in [1.807, 2.05) is 20.8 Å². The number of aliphatic hydroxyl groups excluding tert-OH is 1. The quantitative estimate of drug-likeness (QED) is 0.235. The van der Waals surface area contributed by atoms with E-state index < -0.39 is 41.1 Å². The number of halogens is 1. The van der Waals surface area contributed by atoms with Crippen LogP contribution >= 0.6 is 11.6 Å². The molecule has 1 spiro atoms. The molecule has 0 saturated carbocycles. The third-order valence-corrected chi connectivity index (χ3v) is 8.66. The average Bonchev–Trinajstić information content (AvgIpc) is 3.46. The fourth-order valence-corrected chi connectivity index (χ4v) is 7.04. The van der Waals surface area contributed by atoms with Gasteiger partial charge in [0.15, 0.2) is 0 Å². The molecule has 2 amide bonds. The van der Waals surface area contributed by atoms with E-state index in [1.165, 1.54) is 9.80 Å². The van der Waals surface area contributed by atoms with Crippen LogP contribution in [0.4, 0.5) is 5.69 Å². The number of hydrogen-bond acceptors (Lipinski definition) is 6. The maximum absolute atomic E-state index is 14.6. The molecule has 39 heavy (non-hydrogen) atoms. The summed E-state index contributed by atoms with van der Waals surface area (Å²) in [5.41, 5.74) is -1.70. The summed E-state index contributed by atoms with van der Waals surface area (Å²) >= 11 is 6.52. The molecular formula is C30H39ClN2O6. The fraction of sp³-hybridized carbons (Fsp3) is 0.567. The molecular weight excluding hydrogens is 520 g/mol. The first-order valence-electron chi connectivity index (χ1n) is 13.6. The van der Waals surface area contributed by atoms with Crippen LogP contribution in [0.15, 0.2) is 49.6 Å². The second-order valence-corrected chi connectivity index (χ2v) is 11.8. The van der Waals surface area contributed by atoms with E-state index in [9.17, 15) is 19.5 Å². The molecule has 8 nitrogen and oxygen atoms in total. The Bertz CT molecular complexity index is 1140. The SMILES string of the molecule is C=CCCOC(=O)[C@@H]1[C@H]2C(=O)N([C@@H](CO)CC(C)C)C(C(=O)N(CC=C)c3ccccc3Cl)C23CC[C@@]1(C)O3. The van der Waals surface area contributed by atoms with E-state index in [-0.39, 0.29) is 37.5 Å². The lowest BCUT2D eigenvalue weighted by atomic mass is 9.66. The molecule has 2 unspecified atom stereocenters. The summed E-state index contributed by atoms with van der Waals surface area (Å²) in [6, 6.07) is 5.31. The third kappa shape index (κ3) is 4.92. The van der Waals surface area contributed by atoms with Gasteiger partial charge in [0.2, 0.25) is 5.91 Å². The van der Waals surface area contributed by atoms with E-state index in [2.05, 4.69) is 13.2 Å². The average molecular weight is 559 g/mol. The van der Waals surface area contributed by atoms with Crippen molar-refractivity contribution in [2.75, 3.05) is 24.7 Å². The molecule has 0 aliphatic carbocycles. The van der Waals surface area contributed by atoms with Crippen molar-refractivity contribution in [3.63, 3.8) is 0 Å². The zero-order valence-electron chi connectivity index (χ0n) is 23.0. The molecule has 0 radical (unpaired) electrons. The molecule has 2 bridgehead atoms. The number of nitrogens with zero attached hydrogens (tertiary/aromatic N) is 2. The van der Waals surface area contributed by atoms with Gasteiger partial charge in [-0.25, -0.2) is 0 Å². The van der Waals surface area contributed by atoms with E-state index in [0.29, 0.717) is 36.4 Å². The number of carbonyl (C=O) groups is 3. The summed E-state index contributed by atoms with van der Waals surface area (Å²) in [5.74, 6) is -2.88. The van der Waals surface area contributed by atoms with E-state index >= 15 is 0 Å². The Hall–Kier alpha value is -2.68. The molecule has 9 heteroatoms. The van der Waals surface area contributed by atoms with Crippen molar-refractivity contribution < 1.29 is 29.0 Å². The van der Waals surface area contributed by atoms with Gasteiger partial charge >= 0.3 is 5.97 Å². The molecule has 0 aromatic heterocycles. The maximum atomic E-state index is 14.6. The molecule has 4 rings (SSSR count). The van der Waals surface area contributed by atoms with Gasteiger partial charge in [-0.05, 0) is 50.7 Å². The highest BCUT2D eigenvalue weighted by Gasteiger charge is 2.79. The summed E-state index contributed by atoms with van der Waals surface area (Å²) in [7, 11) is 0. The van der Waals surface area contributed by atoms with Crippen LogP contribution in [0.25, 0.3) is 0 Å². The summed E-state index contributed by atoms with van der Waals surface area (Å²) in [6.07, 6.45) is 5.15. The van der Waals surface area contributed by atoms with Crippen LogP contribution in [-0.2, 0) is 23.9 Å². The third-order valence-electron chi connectivity index (χ3n) is 8.34. The van der Waals surface area contributed by atoms with Gasteiger partial charge in [0, 0.05) is 6.54 Å². The monoisotopic (exact) mass is 558 g/mol. The van der Waals surface area contributed by atoms with Gasteiger partial charge in [-0.15, -0.1) is 13.2 Å². The number of aliphatic hydroxyl groups is 1. The minimum Gasteiger partial charge on any atom is -0.465 e. The highest BCUT2D eigenvalue weighted by Crippen LogP contribution is 2.64. The highest BCUT2D eigenvalue weighted by molar-refractivity contribution is 6.34. The second-order valence-electron chi connectivity index (χ2n) is 11.4. The number of amides is 2. The number of fused-ring (bicyclic) bond motifs is 1. The van der Waals surface area contributed by atoms with E-state index in [4.69, 9.17) is 21.1 Å². The summed E-state index contributed by atoms with van der Waals surface area (Å²) in [6.45, 7) is 13.3. The van der Waals surface area contributed by atoms with Crippen LogP contribution in [0, 0.1) is 17.8 Å². The maximum Gasteiger partial charge on any atom is 0.312 e. The zero-order chi connectivity index (χ0) is 28.5. The van der Waals surface area contributed by atoms with Crippen molar-refractivity contribution >= 4 is 35.1 Å². The molecule has 1 N–H and O–H groups in total. The first-order valence-corrected chi connectivity index (χ1v) is 14.0. The van der Waals surface area contributed by atoms with Crippen LogP contribution in [0.5, 0.6) is 0 Å². The second kappa shape index (κ2) is 11.4. The molecule has 3 aliphatic rings. The smallest absolute Gasteiger partial charge is 0.312 e. The van der Waals surface area contributed by atoms with Gasteiger partial charge in [-0.2, -0.15) is 0 Å². The van der Waals surface area contributed by atoms with E-state index in [0.717, 1.165) is 0 Å². The van der Waals surface area contributed by atoms with Crippen LogP contribution < -0.4 is 4.90 Å². The largest absolute Gasteiger partial charge is 0.465 e. The number of rotatable bonds is 12. The van der Waals surface area contributed by atoms with Crippen molar-refractivity contribution in [3.05, 3.63) is 54.6 Å². The summed E-state index contributed by atoms with van der Waals surface area (Å²) in [4.78, 5) is 45.4. The number of hydrogen-bond donors (Lipinski definition) is 1. The van der Waals surface area contributed by atoms with Crippen LogP contribution in [-0.4, -0.2) is 70.8 Å².